The topological polar surface area (TPSA) is 49.3 Å². The molecule has 0 amide bonds. The van der Waals surface area contributed by atoms with Crippen LogP contribution in [0, 0.1) is 16.7 Å². The molecule has 4 fully saturated rings. The minimum absolute atomic E-state index is 0.124. The molecule has 0 aliphatic heterocycles. The van der Waals surface area contributed by atoms with Crippen molar-refractivity contribution in [3.8, 4) is 0 Å². The molecule has 0 spiro atoms. The van der Waals surface area contributed by atoms with Crippen molar-refractivity contribution in [1.82, 2.24) is 5.32 Å². The number of nitrogens with one attached hydrogen (secondary N) is 1. The minimum Gasteiger partial charge on any atom is -0.480 e. The van der Waals surface area contributed by atoms with Crippen LogP contribution in [-0.2, 0) is 4.79 Å². The fraction of sp³-hybridized carbons (Fsp3) is 0.929. The number of hydrogen-bond donors (Lipinski definition) is 2. The second kappa shape index (κ2) is 3.25. The first-order valence-electron chi connectivity index (χ1n) is 6.79. The van der Waals surface area contributed by atoms with Crippen LogP contribution in [0.4, 0.5) is 0 Å². The van der Waals surface area contributed by atoms with E-state index >= 15 is 0 Å². The molecule has 4 aliphatic rings. The van der Waals surface area contributed by atoms with Gasteiger partial charge in [0.15, 0.2) is 0 Å². The van der Waals surface area contributed by atoms with Crippen LogP contribution in [-0.4, -0.2) is 23.2 Å². The molecule has 2 atom stereocenters. The van der Waals surface area contributed by atoms with E-state index in [9.17, 15) is 4.79 Å². The highest BCUT2D eigenvalue weighted by Crippen LogP contribution is 2.66. The first-order valence-corrected chi connectivity index (χ1v) is 6.79. The molecule has 0 heterocycles. The molecule has 96 valence electrons. The Hall–Kier alpha value is -0.570. The van der Waals surface area contributed by atoms with Gasteiger partial charge < -0.3 is 10.4 Å². The smallest absolute Gasteiger partial charge is 0.317 e. The molecule has 3 nitrogen and oxygen atoms in total. The van der Waals surface area contributed by atoms with Crippen LogP contribution < -0.4 is 5.32 Å². The van der Waals surface area contributed by atoms with Crippen LogP contribution in [0.5, 0.6) is 0 Å². The van der Waals surface area contributed by atoms with Gasteiger partial charge in [0.05, 0.1) is 6.54 Å². The van der Waals surface area contributed by atoms with Crippen LogP contribution in [0.3, 0.4) is 0 Å². The molecule has 4 saturated carbocycles. The summed E-state index contributed by atoms with van der Waals surface area (Å²) in [4.78, 5) is 10.8. The molecule has 17 heavy (non-hydrogen) atoms. The first-order chi connectivity index (χ1) is 7.82. The normalized spacial score (nSPS) is 51.8. The molecule has 4 rings (SSSR count). The Morgan fingerprint density at radius 2 is 1.76 bits per heavy atom. The highest BCUT2D eigenvalue weighted by molar-refractivity contribution is 5.69. The van der Waals surface area contributed by atoms with Crippen molar-refractivity contribution in [2.45, 2.75) is 57.9 Å². The van der Waals surface area contributed by atoms with Gasteiger partial charge in [-0.05, 0) is 55.3 Å². The summed E-state index contributed by atoms with van der Waals surface area (Å²) in [6.45, 7) is 4.94. The SMILES string of the molecule is C[C@@]12CC3CC(NCC(=O)O)(C1)C[C@@](C)(C3)C2. The van der Waals surface area contributed by atoms with Gasteiger partial charge in [-0.25, -0.2) is 0 Å². The lowest BCUT2D eigenvalue weighted by Gasteiger charge is -2.65. The van der Waals surface area contributed by atoms with E-state index < -0.39 is 5.97 Å². The number of carbonyl (C=O) groups is 1. The fourth-order valence-corrected chi connectivity index (χ4v) is 5.91. The Morgan fingerprint density at radius 3 is 2.24 bits per heavy atom. The van der Waals surface area contributed by atoms with Gasteiger partial charge in [-0.15, -0.1) is 0 Å². The Balaban J connectivity index is 1.84. The quantitative estimate of drug-likeness (QED) is 0.792. The lowest BCUT2D eigenvalue weighted by Crippen LogP contribution is -2.64. The zero-order valence-electron chi connectivity index (χ0n) is 10.9. The molecule has 4 aliphatic carbocycles. The van der Waals surface area contributed by atoms with Gasteiger partial charge in [-0.1, -0.05) is 13.8 Å². The van der Waals surface area contributed by atoms with Crippen LogP contribution in [0.15, 0.2) is 0 Å². The van der Waals surface area contributed by atoms with Crippen molar-refractivity contribution in [1.29, 1.82) is 0 Å². The molecule has 0 unspecified atom stereocenters. The summed E-state index contributed by atoms with van der Waals surface area (Å²) < 4.78 is 0. The predicted molar refractivity (Wildman–Crippen MR) is 65.8 cm³/mol. The lowest BCUT2D eigenvalue weighted by molar-refractivity contribution is -0.141. The maximum absolute atomic E-state index is 10.8. The molecule has 0 aromatic carbocycles. The minimum atomic E-state index is -0.726. The van der Waals surface area contributed by atoms with E-state index in [1.54, 1.807) is 0 Å². The maximum atomic E-state index is 10.8. The summed E-state index contributed by atoms with van der Waals surface area (Å²) in [6, 6.07) is 0. The Morgan fingerprint density at radius 1 is 1.18 bits per heavy atom. The second-order valence-corrected chi connectivity index (χ2v) is 7.66. The van der Waals surface area contributed by atoms with Gasteiger partial charge >= 0.3 is 5.97 Å². The number of aliphatic carboxylic acids is 1. The van der Waals surface area contributed by atoms with Crippen molar-refractivity contribution in [3.05, 3.63) is 0 Å². The summed E-state index contributed by atoms with van der Waals surface area (Å²) in [5.41, 5.74) is 1.04. The average molecular weight is 237 g/mol. The lowest BCUT2D eigenvalue weighted by atomic mass is 9.43. The van der Waals surface area contributed by atoms with Crippen LogP contribution in [0.25, 0.3) is 0 Å². The number of carboxylic acids is 1. The van der Waals surface area contributed by atoms with Crippen molar-refractivity contribution in [2.75, 3.05) is 6.54 Å². The highest BCUT2D eigenvalue weighted by atomic mass is 16.4. The summed E-state index contributed by atoms with van der Waals surface area (Å²) >= 11 is 0. The van der Waals surface area contributed by atoms with Gasteiger partial charge in [0.1, 0.15) is 0 Å². The molecule has 2 N–H and O–H groups in total. The van der Waals surface area contributed by atoms with E-state index in [2.05, 4.69) is 19.2 Å². The molecule has 0 saturated heterocycles. The summed E-state index contributed by atoms with van der Waals surface area (Å²) in [7, 11) is 0. The first kappa shape index (κ1) is 11.5. The molecular formula is C14H23NO2. The standard InChI is InChI=1S/C14H23NO2/c1-12-3-10-4-13(2,7-12)9-14(5-10,8-12)15-6-11(16)17/h10,15H,3-9H2,1-2H3,(H,16,17)/t10?,12-,13-,14?/m0/s1. The molecule has 3 heteroatoms. The van der Waals surface area contributed by atoms with E-state index in [-0.39, 0.29) is 12.1 Å². The molecular weight excluding hydrogens is 214 g/mol. The average Bonchev–Trinajstić information content (AvgIpc) is 2.08. The molecule has 0 aromatic rings. The van der Waals surface area contributed by atoms with Crippen LogP contribution >= 0.6 is 0 Å². The van der Waals surface area contributed by atoms with E-state index in [0.717, 1.165) is 5.92 Å². The van der Waals surface area contributed by atoms with Gasteiger partial charge in [0.25, 0.3) is 0 Å². The van der Waals surface area contributed by atoms with E-state index in [0.29, 0.717) is 10.8 Å². The third kappa shape index (κ3) is 1.88. The summed E-state index contributed by atoms with van der Waals surface area (Å²) in [5.74, 6) is 0.0959. The number of rotatable bonds is 3. The Labute approximate surface area is 103 Å². The van der Waals surface area contributed by atoms with E-state index in [4.69, 9.17) is 5.11 Å². The zero-order valence-corrected chi connectivity index (χ0v) is 10.9. The van der Waals surface area contributed by atoms with Gasteiger partial charge in [-0.2, -0.15) is 0 Å². The van der Waals surface area contributed by atoms with Crippen LogP contribution in [0.1, 0.15) is 52.4 Å². The predicted octanol–water partition coefficient (Wildman–Crippen LogP) is 2.41. The van der Waals surface area contributed by atoms with Gasteiger partial charge in [0.2, 0.25) is 0 Å². The number of carboxylic acid groups (broad SMARTS) is 1. The third-order valence-electron chi connectivity index (χ3n) is 5.24. The van der Waals surface area contributed by atoms with Gasteiger partial charge in [-0.3, -0.25) is 4.79 Å². The van der Waals surface area contributed by atoms with E-state index in [1.165, 1.54) is 38.5 Å². The van der Waals surface area contributed by atoms with Crippen molar-refractivity contribution in [2.24, 2.45) is 16.7 Å². The zero-order chi connectivity index (χ0) is 12.3. The highest BCUT2D eigenvalue weighted by Gasteiger charge is 2.59. The van der Waals surface area contributed by atoms with Crippen molar-refractivity contribution in [3.63, 3.8) is 0 Å². The summed E-state index contributed by atoms with van der Waals surface area (Å²) in [6.07, 6.45) is 7.62. The second-order valence-electron chi connectivity index (χ2n) is 7.66. The largest absolute Gasteiger partial charge is 0.480 e. The number of hydrogen-bond acceptors (Lipinski definition) is 2. The molecule has 0 radical (unpaired) electrons. The Kier molecular flexibility index (Phi) is 2.20. The fourth-order valence-electron chi connectivity index (χ4n) is 5.91. The maximum Gasteiger partial charge on any atom is 0.317 e. The van der Waals surface area contributed by atoms with Crippen LogP contribution in [0.2, 0.25) is 0 Å². The third-order valence-corrected chi connectivity index (χ3v) is 5.24. The monoisotopic (exact) mass is 237 g/mol. The van der Waals surface area contributed by atoms with E-state index in [1.807, 2.05) is 0 Å². The molecule has 0 aromatic heterocycles. The Bertz CT molecular complexity index is 347. The van der Waals surface area contributed by atoms with Crippen molar-refractivity contribution >= 4 is 5.97 Å². The molecule has 4 bridgehead atoms. The van der Waals surface area contributed by atoms with Gasteiger partial charge in [0, 0.05) is 5.54 Å². The van der Waals surface area contributed by atoms with Crippen molar-refractivity contribution < 1.29 is 9.90 Å². The summed E-state index contributed by atoms with van der Waals surface area (Å²) in [5, 5.41) is 12.3.